The number of amides is 1. The van der Waals surface area contributed by atoms with Gasteiger partial charge in [-0.25, -0.2) is 0 Å². The van der Waals surface area contributed by atoms with Crippen LogP contribution in [0.1, 0.15) is 51.9 Å². The highest BCUT2D eigenvalue weighted by Crippen LogP contribution is 2.39. The summed E-state index contributed by atoms with van der Waals surface area (Å²) < 4.78 is 4.96. The fourth-order valence-electron chi connectivity index (χ4n) is 3.11. The Labute approximate surface area is 171 Å². The summed E-state index contributed by atoms with van der Waals surface area (Å²) in [5.41, 5.74) is 1.55. The van der Waals surface area contributed by atoms with Gasteiger partial charge in [-0.2, -0.15) is 5.26 Å². The molecule has 0 unspecified atom stereocenters. The largest absolute Gasteiger partial charge is 0.456 e. The summed E-state index contributed by atoms with van der Waals surface area (Å²) in [5, 5.41) is 14.5. The Morgan fingerprint density at radius 2 is 2.18 bits per heavy atom. The minimum absolute atomic E-state index is 0.0510. The van der Waals surface area contributed by atoms with Crippen molar-refractivity contribution in [2.24, 2.45) is 5.92 Å². The van der Waals surface area contributed by atoms with E-state index in [1.807, 2.05) is 0 Å². The molecule has 1 atom stereocenters. The van der Waals surface area contributed by atoms with Gasteiger partial charge in [0.15, 0.2) is 12.4 Å². The van der Waals surface area contributed by atoms with Crippen molar-refractivity contribution in [1.82, 2.24) is 0 Å². The molecule has 6 nitrogen and oxygen atoms in total. The first kappa shape index (κ1) is 20.2. The monoisotopic (exact) mass is 416 g/mol. The number of carbonyl (C=O) groups is 3. The molecule has 1 amide bonds. The van der Waals surface area contributed by atoms with Gasteiger partial charge in [-0.1, -0.05) is 13.0 Å². The van der Waals surface area contributed by atoms with Crippen LogP contribution in [0.25, 0.3) is 0 Å². The molecule has 146 valence electrons. The zero-order valence-electron chi connectivity index (χ0n) is 15.4. The summed E-state index contributed by atoms with van der Waals surface area (Å²) in [6.07, 6.45) is 2.78. The van der Waals surface area contributed by atoms with Crippen LogP contribution in [-0.2, 0) is 27.2 Å². The third kappa shape index (κ3) is 4.86. The standard InChI is InChI=1S/C20H20N2O4S2/c1-12-4-5-13-14(10-21)20(28-17(13)9-12)22-18(24)11-26-19(25)7-6-15(23)16-3-2-8-27-16/h2-3,8,12H,4-7,9,11H2,1H3,(H,22,24)/t12-/m0/s1. The van der Waals surface area contributed by atoms with Crippen LogP contribution in [0.15, 0.2) is 17.5 Å². The van der Waals surface area contributed by atoms with Gasteiger partial charge in [-0.05, 0) is 42.2 Å². The molecule has 1 aliphatic carbocycles. The van der Waals surface area contributed by atoms with Crippen molar-refractivity contribution in [3.05, 3.63) is 38.4 Å². The van der Waals surface area contributed by atoms with Gasteiger partial charge in [0.05, 0.1) is 16.9 Å². The average molecular weight is 417 g/mol. The molecule has 0 fully saturated rings. The van der Waals surface area contributed by atoms with E-state index in [0.717, 1.165) is 29.7 Å². The van der Waals surface area contributed by atoms with E-state index < -0.39 is 18.5 Å². The van der Waals surface area contributed by atoms with Gasteiger partial charge in [-0.3, -0.25) is 14.4 Å². The lowest BCUT2D eigenvalue weighted by Gasteiger charge is -2.17. The molecular formula is C20H20N2O4S2. The van der Waals surface area contributed by atoms with E-state index in [1.165, 1.54) is 22.7 Å². The van der Waals surface area contributed by atoms with E-state index in [2.05, 4.69) is 18.3 Å². The van der Waals surface area contributed by atoms with Crippen molar-refractivity contribution in [3.63, 3.8) is 0 Å². The Morgan fingerprint density at radius 1 is 1.36 bits per heavy atom. The van der Waals surface area contributed by atoms with Crippen LogP contribution in [0, 0.1) is 17.2 Å². The Bertz CT molecular complexity index is 925. The number of esters is 1. The molecule has 0 bridgehead atoms. The number of anilines is 1. The molecule has 28 heavy (non-hydrogen) atoms. The molecular weight excluding hydrogens is 396 g/mol. The summed E-state index contributed by atoms with van der Waals surface area (Å²) in [4.78, 5) is 37.5. The fourth-order valence-corrected chi connectivity index (χ4v) is 5.19. The zero-order chi connectivity index (χ0) is 20.1. The van der Waals surface area contributed by atoms with Gasteiger partial charge < -0.3 is 10.1 Å². The number of nitriles is 1. The highest BCUT2D eigenvalue weighted by atomic mass is 32.1. The van der Waals surface area contributed by atoms with Crippen LogP contribution >= 0.6 is 22.7 Å². The normalized spacial score (nSPS) is 15.4. The quantitative estimate of drug-likeness (QED) is 0.544. The number of ketones is 1. The first-order chi connectivity index (χ1) is 13.5. The van der Waals surface area contributed by atoms with Crippen LogP contribution in [0.3, 0.4) is 0 Å². The van der Waals surface area contributed by atoms with Crippen LogP contribution in [0.5, 0.6) is 0 Å². The van der Waals surface area contributed by atoms with Crippen LogP contribution in [-0.4, -0.2) is 24.3 Å². The predicted molar refractivity (Wildman–Crippen MR) is 108 cm³/mol. The highest BCUT2D eigenvalue weighted by Gasteiger charge is 2.24. The van der Waals surface area contributed by atoms with Crippen molar-refractivity contribution >= 4 is 45.3 Å². The summed E-state index contributed by atoms with van der Waals surface area (Å²) in [7, 11) is 0. The molecule has 0 spiro atoms. The van der Waals surface area contributed by atoms with Crippen molar-refractivity contribution in [2.75, 3.05) is 11.9 Å². The maximum atomic E-state index is 12.1. The molecule has 2 heterocycles. The Hall–Kier alpha value is -2.50. The van der Waals surface area contributed by atoms with E-state index >= 15 is 0 Å². The Kier molecular flexibility index (Phi) is 6.60. The number of nitrogens with zero attached hydrogens (tertiary/aromatic N) is 1. The van der Waals surface area contributed by atoms with Crippen molar-refractivity contribution in [1.29, 1.82) is 5.26 Å². The molecule has 2 aromatic rings. The Balaban J connectivity index is 1.49. The van der Waals surface area contributed by atoms with E-state index in [9.17, 15) is 19.6 Å². The number of carbonyl (C=O) groups excluding carboxylic acids is 3. The van der Waals surface area contributed by atoms with Gasteiger partial charge in [0.2, 0.25) is 0 Å². The molecule has 2 aromatic heterocycles. The van der Waals surface area contributed by atoms with Gasteiger partial charge in [0, 0.05) is 11.3 Å². The molecule has 0 aromatic carbocycles. The van der Waals surface area contributed by atoms with Gasteiger partial charge in [0.25, 0.3) is 5.91 Å². The maximum absolute atomic E-state index is 12.1. The summed E-state index contributed by atoms with van der Waals surface area (Å²) in [6, 6.07) is 5.67. The average Bonchev–Trinajstić information content (AvgIpc) is 3.31. The summed E-state index contributed by atoms with van der Waals surface area (Å²) in [5.74, 6) is -0.631. The molecule has 0 saturated heterocycles. The smallest absolute Gasteiger partial charge is 0.306 e. The molecule has 0 saturated carbocycles. The lowest BCUT2D eigenvalue weighted by molar-refractivity contribution is -0.147. The molecule has 1 aliphatic rings. The molecule has 1 N–H and O–H groups in total. The van der Waals surface area contributed by atoms with E-state index in [0.29, 0.717) is 21.4 Å². The first-order valence-corrected chi connectivity index (χ1v) is 10.7. The number of hydrogen-bond donors (Lipinski definition) is 1. The zero-order valence-corrected chi connectivity index (χ0v) is 17.1. The number of rotatable bonds is 7. The number of Topliss-reactive ketones (excluding diaryl/α,β-unsaturated/α-hetero) is 1. The maximum Gasteiger partial charge on any atom is 0.306 e. The van der Waals surface area contributed by atoms with E-state index in [-0.39, 0.29) is 18.6 Å². The molecule has 0 radical (unpaired) electrons. The third-order valence-electron chi connectivity index (χ3n) is 4.59. The number of thiophene rings is 2. The van der Waals surface area contributed by atoms with Gasteiger partial charge in [0.1, 0.15) is 11.1 Å². The SMILES string of the molecule is C[C@H]1CCc2c(sc(NC(=O)COC(=O)CCC(=O)c3cccs3)c2C#N)C1. The van der Waals surface area contributed by atoms with Crippen LogP contribution < -0.4 is 5.32 Å². The fraction of sp³-hybridized carbons (Fsp3) is 0.400. The van der Waals surface area contributed by atoms with Gasteiger partial charge >= 0.3 is 5.97 Å². The summed E-state index contributed by atoms with van der Waals surface area (Å²) >= 11 is 2.75. The van der Waals surface area contributed by atoms with Gasteiger partial charge in [-0.15, -0.1) is 22.7 Å². The highest BCUT2D eigenvalue weighted by molar-refractivity contribution is 7.16. The number of hydrogen-bond acceptors (Lipinski definition) is 7. The summed E-state index contributed by atoms with van der Waals surface area (Å²) in [6.45, 7) is 1.74. The second-order valence-corrected chi connectivity index (χ2v) is 8.83. The third-order valence-corrected chi connectivity index (χ3v) is 6.67. The lowest BCUT2D eigenvalue weighted by atomic mass is 9.89. The van der Waals surface area contributed by atoms with Crippen LogP contribution in [0.2, 0.25) is 0 Å². The lowest BCUT2D eigenvalue weighted by Crippen LogP contribution is -2.21. The number of ether oxygens (including phenoxy) is 1. The topological polar surface area (TPSA) is 96.3 Å². The molecule has 8 heteroatoms. The van der Waals surface area contributed by atoms with E-state index in [1.54, 1.807) is 17.5 Å². The van der Waals surface area contributed by atoms with Crippen LogP contribution in [0.4, 0.5) is 5.00 Å². The minimum Gasteiger partial charge on any atom is -0.456 e. The minimum atomic E-state index is -0.597. The predicted octanol–water partition coefficient (Wildman–Crippen LogP) is 3.95. The number of nitrogens with one attached hydrogen (secondary N) is 1. The molecule has 3 rings (SSSR count). The van der Waals surface area contributed by atoms with E-state index in [4.69, 9.17) is 4.74 Å². The van der Waals surface area contributed by atoms with Crippen molar-refractivity contribution in [2.45, 2.75) is 39.0 Å². The van der Waals surface area contributed by atoms with Crippen molar-refractivity contribution in [3.8, 4) is 6.07 Å². The Morgan fingerprint density at radius 3 is 2.89 bits per heavy atom. The molecule has 0 aliphatic heterocycles. The van der Waals surface area contributed by atoms with Crippen molar-refractivity contribution < 1.29 is 19.1 Å². The second kappa shape index (κ2) is 9.13. The second-order valence-electron chi connectivity index (χ2n) is 6.78. The number of fused-ring (bicyclic) bond motifs is 1. The first-order valence-electron chi connectivity index (χ1n) is 9.04.